The summed E-state index contributed by atoms with van der Waals surface area (Å²) in [5.74, 6) is 0.545. The van der Waals surface area contributed by atoms with Crippen LogP contribution in [0.25, 0.3) is 0 Å². The van der Waals surface area contributed by atoms with Crippen molar-refractivity contribution in [3.05, 3.63) is 0 Å². The lowest BCUT2D eigenvalue weighted by Gasteiger charge is -2.22. The molecule has 2 aliphatic rings. The minimum atomic E-state index is -3.11. The molecule has 16 heavy (non-hydrogen) atoms. The monoisotopic (exact) mass is 246 g/mol. The number of sulfonamides is 1. The van der Waals surface area contributed by atoms with Crippen molar-refractivity contribution in [3.8, 4) is 0 Å². The first-order chi connectivity index (χ1) is 7.59. The molecule has 94 valence electrons. The van der Waals surface area contributed by atoms with Gasteiger partial charge < -0.3 is 5.32 Å². The molecule has 4 nitrogen and oxygen atoms in total. The van der Waals surface area contributed by atoms with Gasteiger partial charge in [-0.15, -0.1) is 0 Å². The van der Waals surface area contributed by atoms with Crippen molar-refractivity contribution in [1.29, 1.82) is 0 Å². The highest BCUT2D eigenvalue weighted by Gasteiger charge is 2.32. The fraction of sp³-hybridized carbons (Fsp3) is 1.00. The number of rotatable bonds is 4. The Morgan fingerprint density at radius 1 is 1.25 bits per heavy atom. The number of hydrogen-bond donors (Lipinski definition) is 2. The fourth-order valence-electron chi connectivity index (χ4n) is 2.80. The molecule has 1 aliphatic carbocycles. The van der Waals surface area contributed by atoms with Gasteiger partial charge in [0.05, 0.1) is 5.25 Å². The third-order valence-electron chi connectivity index (χ3n) is 3.91. The number of hydrogen-bond acceptors (Lipinski definition) is 3. The van der Waals surface area contributed by atoms with Crippen LogP contribution in [0.15, 0.2) is 0 Å². The minimum Gasteiger partial charge on any atom is -0.315 e. The molecule has 1 aliphatic heterocycles. The van der Waals surface area contributed by atoms with E-state index in [9.17, 15) is 8.42 Å². The lowest BCUT2D eigenvalue weighted by atomic mass is 10.0. The Kier molecular flexibility index (Phi) is 3.87. The van der Waals surface area contributed by atoms with Gasteiger partial charge in [-0.3, -0.25) is 0 Å². The molecule has 1 saturated carbocycles. The molecule has 0 aromatic heterocycles. The van der Waals surface area contributed by atoms with Crippen molar-refractivity contribution in [2.45, 2.75) is 50.3 Å². The Morgan fingerprint density at radius 2 is 1.94 bits per heavy atom. The van der Waals surface area contributed by atoms with Crippen LogP contribution in [-0.2, 0) is 10.0 Å². The van der Waals surface area contributed by atoms with Crippen molar-refractivity contribution in [1.82, 2.24) is 10.0 Å². The van der Waals surface area contributed by atoms with Crippen LogP contribution in [0, 0.1) is 5.92 Å². The van der Waals surface area contributed by atoms with E-state index in [0.29, 0.717) is 12.5 Å². The summed E-state index contributed by atoms with van der Waals surface area (Å²) in [6, 6.07) is 0.105. The first kappa shape index (κ1) is 12.3. The standard InChI is InChI=1S/C11H22N2O2S/c1-9(10-4-2-3-5-10)13-16(14,15)11-6-7-12-8-11/h9-13H,2-8H2,1H3. The van der Waals surface area contributed by atoms with Gasteiger partial charge in [-0.05, 0) is 38.6 Å². The molecular formula is C11H22N2O2S. The molecule has 0 radical (unpaired) electrons. The molecule has 2 N–H and O–H groups in total. The largest absolute Gasteiger partial charge is 0.315 e. The van der Waals surface area contributed by atoms with Crippen molar-refractivity contribution < 1.29 is 8.42 Å². The van der Waals surface area contributed by atoms with Crippen LogP contribution in [0.2, 0.25) is 0 Å². The first-order valence-corrected chi connectivity index (χ1v) is 7.86. The minimum absolute atomic E-state index is 0.105. The predicted molar refractivity (Wildman–Crippen MR) is 64.8 cm³/mol. The maximum atomic E-state index is 12.0. The smallest absolute Gasteiger partial charge is 0.216 e. The second-order valence-corrected chi connectivity index (χ2v) is 7.10. The van der Waals surface area contributed by atoms with Crippen LogP contribution in [-0.4, -0.2) is 32.8 Å². The molecule has 2 unspecified atom stereocenters. The van der Waals surface area contributed by atoms with Gasteiger partial charge in [0.15, 0.2) is 0 Å². The van der Waals surface area contributed by atoms with E-state index >= 15 is 0 Å². The Balaban J connectivity index is 1.91. The van der Waals surface area contributed by atoms with Gasteiger partial charge in [0.1, 0.15) is 0 Å². The molecule has 0 spiro atoms. The maximum Gasteiger partial charge on any atom is 0.216 e. The summed E-state index contributed by atoms with van der Waals surface area (Å²) >= 11 is 0. The van der Waals surface area contributed by atoms with Crippen molar-refractivity contribution in [2.75, 3.05) is 13.1 Å². The molecule has 1 heterocycles. The second-order valence-electron chi connectivity index (χ2n) is 5.11. The van der Waals surface area contributed by atoms with E-state index < -0.39 is 10.0 Å². The van der Waals surface area contributed by atoms with Crippen molar-refractivity contribution in [3.63, 3.8) is 0 Å². The summed E-state index contributed by atoms with van der Waals surface area (Å²) in [5, 5.41) is 2.88. The molecule has 2 rings (SSSR count). The van der Waals surface area contributed by atoms with E-state index in [2.05, 4.69) is 10.0 Å². The predicted octanol–water partition coefficient (Wildman–Crippen LogP) is 0.846. The van der Waals surface area contributed by atoms with E-state index in [0.717, 1.165) is 13.0 Å². The van der Waals surface area contributed by atoms with Crippen LogP contribution in [0.5, 0.6) is 0 Å². The maximum absolute atomic E-state index is 12.0. The third-order valence-corrected chi connectivity index (χ3v) is 5.89. The van der Waals surface area contributed by atoms with Crippen LogP contribution >= 0.6 is 0 Å². The molecule has 2 atom stereocenters. The molecule has 0 aromatic carbocycles. The van der Waals surface area contributed by atoms with Crippen LogP contribution in [0.4, 0.5) is 0 Å². The summed E-state index contributed by atoms with van der Waals surface area (Å²) in [6.07, 6.45) is 5.59. The van der Waals surface area contributed by atoms with Crippen LogP contribution < -0.4 is 10.0 Å². The van der Waals surface area contributed by atoms with E-state index in [-0.39, 0.29) is 11.3 Å². The summed E-state index contributed by atoms with van der Waals surface area (Å²) in [6.45, 7) is 3.44. The van der Waals surface area contributed by atoms with E-state index in [1.54, 1.807) is 0 Å². The normalized spacial score (nSPS) is 29.7. The van der Waals surface area contributed by atoms with Crippen LogP contribution in [0.1, 0.15) is 39.0 Å². The SMILES string of the molecule is CC(NS(=O)(=O)C1CCNC1)C1CCCC1. The summed E-state index contributed by atoms with van der Waals surface area (Å²) < 4.78 is 27.0. The van der Waals surface area contributed by atoms with Crippen LogP contribution in [0.3, 0.4) is 0 Å². The zero-order chi connectivity index (χ0) is 11.6. The lowest BCUT2D eigenvalue weighted by molar-refractivity contribution is 0.422. The Morgan fingerprint density at radius 3 is 2.50 bits per heavy atom. The van der Waals surface area contributed by atoms with Gasteiger partial charge >= 0.3 is 0 Å². The topological polar surface area (TPSA) is 58.2 Å². The fourth-order valence-corrected chi connectivity index (χ4v) is 4.47. The highest BCUT2D eigenvalue weighted by molar-refractivity contribution is 7.90. The molecule has 0 aromatic rings. The van der Waals surface area contributed by atoms with Gasteiger partial charge in [0.2, 0.25) is 10.0 Å². The van der Waals surface area contributed by atoms with Gasteiger partial charge in [0.25, 0.3) is 0 Å². The van der Waals surface area contributed by atoms with E-state index in [1.165, 1.54) is 25.7 Å². The summed E-state index contributed by atoms with van der Waals surface area (Å²) in [7, 11) is -3.11. The quantitative estimate of drug-likeness (QED) is 0.773. The second kappa shape index (κ2) is 5.02. The number of nitrogens with one attached hydrogen (secondary N) is 2. The third kappa shape index (κ3) is 2.76. The Labute approximate surface area is 98.2 Å². The average Bonchev–Trinajstić information content (AvgIpc) is 2.91. The van der Waals surface area contributed by atoms with Gasteiger partial charge in [-0.25, -0.2) is 13.1 Å². The zero-order valence-corrected chi connectivity index (χ0v) is 10.7. The molecule has 2 fully saturated rings. The van der Waals surface area contributed by atoms with Gasteiger partial charge in [0, 0.05) is 12.6 Å². The van der Waals surface area contributed by atoms with Crippen molar-refractivity contribution in [2.24, 2.45) is 5.92 Å². The molecule has 0 amide bonds. The first-order valence-electron chi connectivity index (χ1n) is 6.31. The molecule has 0 bridgehead atoms. The van der Waals surface area contributed by atoms with E-state index in [1.807, 2.05) is 6.92 Å². The van der Waals surface area contributed by atoms with Gasteiger partial charge in [-0.2, -0.15) is 0 Å². The van der Waals surface area contributed by atoms with Gasteiger partial charge in [-0.1, -0.05) is 12.8 Å². The van der Waals surface area contributed by atoms with Crippen molar-refractivity contribution >= 4 is 10.0 Å². The molecular weight excluding hydrogens is 224 g/mol. The summed E-state index contributed by atoms with van der Waals surface area (Å²) in [4.78, 5) is 0. The highest BCUT2D eigenvalue weighted by atomic mass is 32.2. The molecule has 5 heteroatoms. The zero-order valence-electron chi connectivity index (χ0n) is 9.91. The molecule has 1 saturated heterocycles. The van der Waals surface area contributed by atoms with E-state index in [4.69, 9.17) is 0 Å². The summed E-state index contributed by atoms with van der Waals surface area (Å²) in [5.41, 5.74) is 0. The lowest BCUT2D eigenvalue weighted by Crippen LogP contribution is -2.43. The highest BCUT2D eigenvalue weighted by Crippen LogP contribution is 2.28. The average molecular weight is 246 g/mol. The Hall–Kier alpha value is -0.130. The Bertz CT molecular complexity index is 317.